The van der Waals surface area contributed by atoms with Crippen molar-refractivity contribution in [2.24, 2.45) is 5.92 Å². The van der Waals surface area contributed by atoms with Gasteiger partial charge in [0.1, 0.15) is 11.1 Å². The molecule has 0 spiro atoms. The number of amides is 2. The number of piperidine rings is 1. The van der Waals surface area contributed by atoms with Crippen molar-refractivity contribution in [3.8, 4) is 0 Å². The summed E-state index contributed by atoms with van der Waals surface area (Å²) in [5.41, 5.74) is 0. The molecule has 0 saturated carbocycles. The van der Waals surface area contributed by atoms with Crippen molar-refractivity contribution in [3.63, 3.8) is 0 Å². The summed E-state index contributed by atoms with van der Waals surface area (Å²) in [6.45, 7) is 1.53. The number of rotatable bonds is 3. The molecule has 3 atom stereocenters. The fourth-order valence-corrected chi connectivity index (χ4v) is 4.54. The average molecular weight is 338 g/mol. The van der Waals surface area contributed by atoms with Crippen molar-refractivity contribution in [2.75, 3.05) is 19.6 Å². The summed E-state index contributed by atoms with van der Waals surface area (Å²) in [6.07, 6.45) is 1.56. The predicted molar refractivity (Wildman–Crippen MR) is 83.5 cm³/mol. The maximum absolute atomic E-state index is 12.9. The van der Waals surface area contributed by atoms with Crippen LogP contribution in [0.1, 0.15) is 19.3 Å². The van der Waals surface area contributed by atoms with Gasteiger partial charge in [-0.2, -0.15) is 0 Å². The van der Waals surface area contributed by atoms with Gasteiger partial charge in [0.05, 0.1) is 6.54 Å². The molecule has 1 N–H and O–H groups in total. The maximum atomic E-state index is 12.9. The first-order valence-electron chi connectivity index (χ1n) is 7.76. The molecule has 1 aromatic rings. The van der Waals surface area contributed by atoms with Crippen LogP contribution in [0, 0.1) is 11.7 Å². The lowest BCUT2D eigenvalue weighted by atomic mass is 9.96. The second kappa shape index (κ2) is 6.88. The van der Waals surface area contributed by atoms with E-state index in [4.69, 9.17) is 0 Å². The minimum atomic E-state index is -1.26. The van der Waals surface area contributed by atoms with E-state index in [-0.39, 0.29) is 35.2 Å². The number of carbonyl (C=O) groups excluding carboxylic acids is 2. The molecule has 2 amide bonds. The number of likely N-dealkylation sites (tertiary alicyclic amines) is 1. The molecule has 1 aromatic carbocycles. The van der Waals surface area contributed by atoms with Gasteiger partial charge >= 0.3 is 0 Å². The van der Waals surface area contributed by atoms with Gasteiger partial charge in [-0.05, 0) is 41.9 Å². The molecule has 124 valence electrons. The van der Waals surface area contributed by atoms with Gasteiger partial charge in [0, 0.05) is 31.8 Å². The van der Waals surface area contributed by atoms with E-state index in [1.807, 2.05) is 0 Å². The van der Waals surface area contributed by atoms with Crippen molar-refractivity contribution in [3.05, 3.63) is 30.1 Å². The number of carbonyl (C=O) groups is 2. The molecule has 0 aliphatic carbocycles. The SMILES string of the molecule is O=C1CC(C(=O)N2CCC([S+]([O-])c3ccc(F)cc3)C2)CCN1. The van der Waals surface area contributed by atoms with Gasteiger partial charge < -0.3 is 14.8 Å². The Balaban J connectivity index is 1.60. The number of nitrogens with zero attached hydrogens (tertiary/aromatic N) is 1. The third-order valence-electron chi connectivity index (χ3n) is 4.40. The van der Waals surface area contributed by atoms with E-state index in [2.05, 4.69) is 5.32 Å². The minimum absolute atomic E-state index is 0.0153. The Morgan fingerprint density at radius 2 is 2.04 bits per heavy atom. The van der Waals surface area contributed by atoms with E-state index in [1.165, 1.54) is 24.3 Å². The van der Waals surface area contributed by atoms with Crippen LogP contribution in [0.3, 0.4) is 0 Å². The van der Waals surface area contributed by atoms with E-state index >= 15 is 0 Å². The number of hydrogen-bond donors (Lipinski definition) is 1. The van der Waals surface area contributed by atoms with Crippen LogP contribution in [0.4, 0.5) is 4.39 Å². The summed E-state index contributed by atoms with van der Waals surface area (Å²) in [7, 11) is 0. The highest BCUT2D eigenvalue weighted by molar-refractivity contribution is 7.92. The third kappa shape index (κ3) is 3.67. The van der Waals surface area contributed by atoms with Crippen LogP contribution in [0.25, 0.3) is 0 Å². The van der Waals surface area contributed by atoms with Crippen molar-refractivity contribution in [1.82, 2.24) is 10.2 Å². The van der Waals surface area contributed by atoms with E-state index in [1.54, 1.807) is 4.90 Å². The first kappa shape index (κ1) is 16.3. The van der Waals surface area contributed by atoms with E-state index in [0.717, 1.165) is 0 Å². The number of halogens is 1. The van der Waals surface area contributed by atoms with Crippen LogP contribution in [0.2, 0.25) is 0 Å². The number of hydrogen-bond acceptors (Lipinski definition) is 3. The van der Waals surface area contributed by atoms with E-state index < -0.39 is 11.2 Å². The smallest absolute Gasteiger partial charge is 0.226 e. The Kier molecular flexibility index (Phi) is 4.87. The van der Waals surface area contributed by atoms with E-state index in [9.17, 15) is 18.5 Å². The lowest BCUT2D eigenvalue weighted by molar-refractivity contribution is -0.139. The zero-order chi connectivity index (χ0) is 16.4. The van der Waals surface area contributed by atoms with Gasteiger partial charge in [0.25, 0.3) is 0 Å². The van der Waals surface area contributed by atoms with Gasteiger partial charge in [-0.3, -0.25) is 9.59 Å². The average Bonchev–Trinajstić information content (AvgIpc) is 3.04. The molecule has 7 heteroatoms. The molecule has 2 fully saturated rings. The molecule has 3 unspecified atom stereocenters. The number of benzene rings is 1. The predicted octanol–water partition coefficient (Wildman–Crippen LogP) is 1.06. The molecular weight excluding hydrogens is 319 g/mol. The summed E-state index contributed by atoms with van der Waals surface area (Å²) in [6, 6.07) is 5.65. The fourth-order valence-electron chi connectivity index (χ4n) is 3.12. The molecule has 0 radical (unpaired) electrons. The monoisotopic (exact) mass is 338 g/mol. The van der Waals surface area contributed by atoms with Gasteiger partial charge in [0.2, 0.25) is 11.8 Å². The zero-order valence-electron chi connectivity index (χ0n) is 12.7. The Labute approximate surface area is 137 Å². The lowest BCUT2D eigenvalue weighted by Gasteiger charge is -2.26. The molecule has 23 heavy (non-hydrogen) atoms. The van der Waals surface area contributed by atoms with Crippen molar-refractivity contribution >= 4 is 23.0 Å². The van der Waals surface area contributed by atoms with Gasteiger partial charge in [-0.15, -0.1) is 0 Å². The summed E-state index contributed by atoms with van der Waals surface area (Å²) in [5, 5.41) is 2.58. The molecule has 5 nitrogen and oxygen atoms in total. The van der Waals surface area contributed by atoms with Crippen LogP contribution < -0.4 is 5.32 Å². The number of nitrogens with one attached hydrogen (secondary N) is 1. The molecule has 0 aromatic heterocycles. The normalized spacial score (nSPS) is 26.0. The highest BCUT2D eigenvalue weighted by Crippen LogP contribution is 2.26. The minimum Gasteiger partial charge on any atom is -0.611 e. The molecule has 2 saturated heterocycles. The molecule has 0 bridgehead atoms. The lowest BCUT2D eigenvalue weighted by Crippen LogP contribution is -2.43. The van der Waals surface area contributed by atoms with E-state index in [0.29, 0.717) is 37.4 Å². The first-order valence-corrected chi connectivity index (χ1v) is 8.97. The fraction of sp³-hybridized carbons (Fsp3) is 0.500. The second-order valence-corrected chi connectivity index (χ2v) is 7.72. The quantitative estimate of drug-likeness (QED) is 0.838. The second-order valence-electron chi connectivity index (χ2n) is 5.99. The summed E-state index contributed by atoms with van der Waals surface area (Å²) >= 11 is -1.26. The third-order valence-corrected chi connectivity index (χ3v) is 6.13. The zero-order valence-corrected chi connectivity index (χ0v) is 13.5. The topological polar surface area (TPSA) is 72.5 Å². The van der Waals surface area contributed by atoms with Crippen molar-refractivity contribution in [1.29, 1.82) is 0 Å². The molecular formula is C16H19FN2O3S. The highest BCUT2D eigenvalue weighted by atomic mass is 32.2. The van der Waals surface area contributed by atoms with Gasteiger partial charge in [0.15, 0.2) is 4.90 Å². The Hall–Kier alpha value is -1.60. The van der Waals surface area contributed by atoms with Crippen LogP contribution in [0.5, 0.6) is 0 Å². The summed E-state index contributed by atoms with van der Waals surface area (Å²) < 4.78 is 25.5. The molecule has 2 heterocycles. The summed E-state index contributed by atoms with van der Waals surface area (Å²) in [5.74, 6) is -0.718. The Bertz CT molecular complexity index is 595. The van der Waals surface area contributed by atoms with Gasteiger partial charge in [-0.1, -0.05) is 0 Å². The molecule has 2 aliphatic rings. The largest absolute Gasteiger partial charge is 0.611 e. The first-order chi connectivity index (χ1) is 11.0. The van der Waals surface area contributed by atoms with Crippen molar-refractivity contribution in [2.45, 2.75) is 29.4 Å². The molecule has 3 rings (SSSR count). The van der Waals surface area contributed by atoms with Gasteiger partial charge in [-0.25, -0.2) is 4.39 Å². The Morgan fingerprint density at radius 3 is 2.74 bits per heavy atom. The van der Waals surface area contributed by atoms with Crippen LogP contribution in [-0.4, -0.2) is 46.2 Å². The summed E-state index contributed by atoms with van der Waals surface area (Å²) in [4.78, 5) is 26.2. The van der Waals surface area contributed by atoms with Crippen LogP contribution >= 0.6 is 0 Å². The highest BCUT2D eigenvalue weighted by Gasteiger charge is 2.38. The maximum Gasteiger partial charge on any atom is 0.226 e. The Morgan fingerprint density at radius 1 is 1.30 bits per heavy atom. The standard InChI is InChI=1S/C16H19FN2O3S/c17-12-1-3-13(4-2-12)23(22)14-6-8-19(10-14)16(21)11-5-7-18-15(20)9-11/h1-4,11,14H,5-10H2,(H,18,20). The molecule has 2 aliphatic heterocycles. The van der Waals surface area contributed by atoms with Crippen molar-refractivity contribution < 1.29 is 18.5 Å². The van der Waals surface area contributed by atoms with Crippen LogP contribution in [-0.2, 0) is 20.8 Å². The van der Waals surface area contributed by atoms with Crippen LogP contribution in [0.15, 0.2) is 29.2 Å².